The summed E-state index contributed by atoms with van der Waals surface area (Å²) < 4.78 is 0. The molecule has 2 aromatic rings. The van der Waals surface area contributed by atoms with Gasteiger partial charge in [-0.15, -0.1) is 0 Å². The van der Waals surface area contributed by atoms with Crippen LogP contribution in [-0.2, 0) is 6.54 Å². The van der Waals surface area contributed by atoms with E-state index in [-0.39, 0.29) is 0 Å². The Bertz CT molecular complexity index is 479. The Morgan fingerprint density at radius 3 is 2.39 bits per heavy atom. The van der Waals surface area contributed by atoms with Crippen LogP contribution >= 0.6 is 0 Å². The Labute approximate surface area is 109 Å². The average Bonchev–Trinajstić information content (AvgIpc) is 2.42. The van der Waals surface area contributed by atoms with Gasteiger partial charge in [-0.3, -0.25) is 0 Å². The molecule has 2 rings (SSSR count). The molecule has 2 nitrogen and oxygen atoms in total. The lowest BCUT2D eigenvalue weighted by molar-refractivity contribution is 0.616. The predicted octanol–water partition coefficient (Wildman–Crippen LogP) is 3.16. The summed E-state index contributed by atoms with van der Waals surface area (Å²) >= 11 is 0. The zero-order valence-corrected chi connectivity index (χ0v) is 10.8. The van der Waals surface area contributed by atoms with Crippen molar-refractivity contribution in [2.24, 2.45) is 0 Å². The minimum absolute atomic E-state index is 0.510. The van der Waals surface area contributed by atoms with Crippen LogP contribution in [0.4, 0.5) is 5.69 Å². The molecule has 0 bridgehead atoms. The zero-order valence-electron chi connectivity index (χ0n) is 10.8. The summed E-state index contributed by atoms with van der Waals surface area (Å²) in [7, 11) is 0. The zero-order chi connectivity index (χ0) is 12.8. The van der Waals surface area contributed by atoms with Gasteiger partial charge in [0, 0.05) is 18.8 Å². The van der Waals surface area contributed by atoms with Gasteiger partial charge in [0.05, 0.1) is 0 Å². The number of nitrogens with one attached hydrogen (secondary N) is 1. The van der Waals surface area contributed by atoms with Crippen molar-refractivity contribution in [2.45, 2.75) is 19.4 Å². The van der Waals surface area contributed by atoms with Crippen LogP contribution in [0, 0.1) is 0 Å². The molecule has 0 heterocycles. The smallest absolute Gasteiger partial charge is 0.0359 e. The number of rotatable bonds is 5. The molecule has 2 heteroatoms. The largest absolute Gasteiger partial charge is 0.398 e. The highest BCUT2D eigenvalue weighted by Crippen LogP contribution is 2.14. The van der Waals surface area contributed by atoms with Crippen molar-refractivity contribution in [2.75, 3.05) is 12.3 Å². The van der Waals surface area contributed by atoms with Crippen molar-refractivity contribution < 1.29 is 0 Å². The predicted molar refractivity (Wildman–Crippen MR) is 77.4 cm³/mol. The van der Waals surface area contributed by atoms with Gasteiger partial charge in [-0.1, -0.05) is 55.5 Å². The van der Waals surface area contributed by atoms with Gasteiger partial charge in [0.2, 0.25) is 0 Å². The summed E-state index contributed by atoms with van der Waals surface area (Å²) in [5, 5.41) is 3.46. The molecule has 94 valence electrons. The normalized spacial score (nSPS) is 12.3. The van der Waals surface area contributed by atoms with E-state index in [9.17, 15) is 0 Å². The van der Waals surface area contributed by atoms with Crippen molar-refractivity contribution in [3.05, 3.63) is 65.7 Å². The molecule has 0 fully saturated rings. The molecule has 0 spiro atoms. The Hall–Kier alpha value is -1.80. The number of anilines is 1. The number of hydrogen-bond donors (Lipinski definition) is 2. The van der Waals surface area contributed by atoms with E-state index in [1.165, 1.54) is 5.56 Å². The molecule has 0 saturated heterocycles. The highest BCUT2D eigenvalue weighted by Gasteiger charge is 2.04. The third-order valence-electron chi connectivity index (χ3n) is 3.19. The fourth-order valence-electron chi connectivity index (χ4n) is 2.02. The van der Waals surface area contributed by atoms with E-state index in [2.05, 4.69) is 42.6 Å². The third-order valence-corrected chi connectivity index (χ3v) is 3.19. The maximum absolute atomic E-state index is 5.91. The second-order valence-corrected chi connectivity index (χ2v) is 4.64. The van der Waals surface area contributed by atoms with E-state index in [1.54, 1.807) is 0 Å². The first-order chi connectivity index (χ1) is 8.77. The molecule has 0 aliphatic rings. The summed E-state index contributed by atoms with van der Waals surface area (Å²) in [5.41, 5.74) is 9.30. The molecular formula is C16H20N2. The fourth-order valence-corrected chi connectivity index (χ4v) is 2.02. The number of hydrogen-bond acceptors (Lipinski definition) is 2. The van der Waals surface area contributed by atoms with E-state index < -0.39 is 0 Å². The van der Waals surface area contributed by atoms with E-state index in [1.807, 2.05) is 24.3 Å². The van der Waals surface area contributed by atoms with Crippen LogP contribution in [0.2, 0.25) is 0 Å². The van der Waals surface area contributed by atoms with Crippen LogP contribution < -0.4 is 11.1 Å². The lowest BCUT2D eigenvalue weighted by Gasteiger charge is -2.13. The minimum atomic E-state index is 0.510. The first kappa shape index (κ1) is 12.7. The first-order valence-electron chi connectivity index (χ1n) is 6.36. The lowest BCUT2D eigenvalue weighted by Crippen LogP contribution is -2.20. The molecule has 3 N–H and O–H groups in total. The van der Waals surface area contributed by atoms with Gasteiger partial charge in [0.25, 0.3) is 0 Å². The van der Waals surface area contributed by atoms with Crippen molar-refractivity contribution in [1.29, 1.82) is 0 Å². The van der Waals surface area contributed by atoms with E-state index >= 15 is 0 Å². The Kier molecular flexibility index (Phi) is 4.37. The third kappa shape index (κ3) is 3.34. The number of benzene rings is 2. The quantitative estimate of drug-likeness (QED) is 0.788. The van der Waals surface area contributed by atoms with Crippen LogP contribution in [-0.4, -0.2) is 6.54 Å². The first-order valence-corrected chi connectivity index (χ1v) is 6.36. The molecule has 0 aromatic heterocycles. The molecule has 18 heavy (non-hydrogen) atoms. The molecule has 1 atom stereocenters. The fraction of sp³-hybridized carbons (Fsp3) is 0.250. The summed E-state index contributed by atoms with van der Waals surface area (Å²) in [4.78, 5) is 0. The molecule has 0 amide bonds. The summed E-state index contributed by atoms with van der Waals surface area (Å²) in [6.07, 6.45) is 0. The molecule has 0 radical (unpaired) electrons. The van der Waals surface area contributed by atoms with Gasteiger partial charge in [0.15, 0.2) is 0 Å². The second kappa shape index (κ2) is 6.22. The Morgan fingerprint density at radius 1 is 1.00 bits per heavy atom. The number of nitrogens with two attached hydrogens (primary N) is 1. The van der Waals surface area contributed by atoms with Crippen LogP contribution in [0.15, 0.2) is 54.6 Å². The molecule has 1 unspecified atom stereocenters. The molecular weight excluding hydrogens is 220 g/mol. The number of para-hydroxylation sites is 1. The molecule has 0 saturated carbocycles. The van der Waals surface area contributed by atoms with Crippen molar-refractivity contribution >= 4 is 5.69 Å². The van der Waals surface area contributed by atoms with Crippen molar-refractivity contribution in [1.82, 2.24) is 5.32 Å². The van der Waals surface area contributed by atoms with Crippen molar-refractivity contribution in [3.63, 3.8) is 0 Å². The second-order valence-electron chi connectivity index (χ2n) is 4.64. The maximum atomic E-state index is 5.91. The average molecular weight is 240 g/mol. The van der Waals surface area contributed by atoms with Gasteiger partial charge in [-0.05, 0) is 23.1 Å². The Balaban J connectivity index is 1.84. The van der Waals surface area contributed by atoms with Crippen LogP contribution in [0.1, 0.15) is 24.0 Å². The molecule has 0 aliphatic carbocycles. The summed E-state index contributed by atoms with van der Waals surface area (Å²) in [6.45, 7) is 4.01. The summed E-state index contributed by atoms with van der Waals surface area (Å²) in [6, 6.07) is 18.6. The Morgan fingerprint density at radius 2 is 1.67 bits per heavy atom. The molecule has 0 aliphatic heterocycles. The van der Waals surface area contributed by atoms with Gasteiger partial charge in [0.1, 0.15) is 0 Å². The van der Waals surface area contributed by atoms with Crippen molar-refractivity contribution in [3.8, 4) is 0 Å². The van der Waals surface area contributed by atoms with Crippen LogP contribution in [0.5, 0.6) is 0 Å². The minimum Gasteiger partial charge on any atom is -0.398 e. The van der Waals surface area contributed by atoms with Gasteiger partial charge in [-0.2, -0.15) is 0 Å². The van der Waals surface area contributed by atoms with Gasteiger partial charge < -0.3 is 11.1 Å². The summed E-state index contributed by atoms with van der Waals surface area (Å²) in [5.74, 6) is 0.510. The highest BCUT2D eigenvalue weighted by atomic mass is 14.9. The highest BCUT2D eigenvalue weighted by molar-refractivity contribution is 5.46. The van der Waals surface area contributed by atoms with Gasteiger partial charge >= 0.3 is 0 Å². The van der Waals surface area contributed by atoms with E-state index in [4.69, 9.17) is 5.73 Å². The SMILES string of the molecule is CC(CNCc1ccccc1N)c1ccccc1. The van der Waals surface area contributed by atoms with Crippen LogP contribution in [0.3, 0.4) is 0 Å². The van der Waals surface area contributed by atoms with E-state index in [0.717, 1.165) is 24.3 Å². The lowest BCUT2D eigenvalue weighted by atomic mass is 10.0. The van der Waals surface area contributed by atoms with Gasteiger partial charge in [-0.25, -0.2) is 0 Å². The topological polar surface area (TPSA) is 38.0 Å². The molecule has 2 aromatic carbocycles. The number of nitrogen functional groups attached to an aromatic ring is 1. The van der Waals surface area contributed by atoms with E-state index in [0.29, 0.717) is 5.92 Å². The monoisotopic (exact) mass is 240 g/mol. The standard InChI is InChI=1S/C16H20N2/c1-13(14-7-3-2-4-8-14)11-18-12-15-9-5-6-10-16(15)17/h2-10,13,18H,11-12,17H2,1H3. The maximum Gasteiger partial charge on any atom is 0.0359 e. The van der Waals surface area contributed by atoms with Crippen LogP contribution in [0.25, 0.3) is 0 Å².